The molecule has 1 saturated heterocycles. The number of carbonyl (C=O) groups is 3. The standard InChI is InChI=1S/C18H23NO5.Sn/c1-12-10-14(11-23-16(21)13-8-6-5-7-9-13)19(15(12)20)17(22)24-18(2,3)4;/h5-9,12,14H,10-11H2,1-4H3;/t12?,14-;/m0./s1. The van der Waals surface area contributed by atoms with Crippen LogP contribution in [-0.4, -0.2) is 65.0 Å². The predicted molar refractivity (Wildman–Crippen MR) is 93.1 cm³/mol. The first-order valence-corrected chi connectivity index (χ1v) is 7.97. The minimum atomic E-state index is -0.700. The molecule has 2 atom stereocenters. The third kappa shape index (κ3) is 5.73. The number of carbonyl (C=O) groups excluding carboxylic acids is 3. The molecule has 7 heteroatoms. The van der Waals surface area contributed by atoms with Gasteiger partial charge in [-0.3, -0.25) is 4.79 Å². The van der Waals surface area contributed by atoms with Gasteiger partial charge in [-0.15, -0.1) is 0 Å². The van der Waals surface area contributed by atoms with E-state index in [4.69, 9.17) is 9.47 Å². The quantitative estimate of drug-likeness (QED) is 0.521. The van der Waals surface area contributed by atoms with Crippen molar-refractivity contribution in [2.24, 2.45) is 5.92 Å². The molecule has 4 radical (unpaired) electrons. The van der Waals surface area contributed by atoms with Crippen LogP contribution in [0.2, 0.25) is 0 Å². The molecule has 0 spiro atoms. The molecule has 25 heavy (non-hydrogen) atoms. The number of imide groups is 1. The maximum atomic E-state index is 12.3. The molecule has 134 valence electrons. The summed E-state index contributed by atoms with van der Waals surface area (Å²) < 4.78 is 10.6. The Labute approximate surface area is 164 Å². The zero-order valence-electron chi connectivity index (χ0n) is 14.9. The van der Waals surface area contributed by atoms with Crippen molar-refractivity contribution in [3.8, 4) is 0 Å². The molecule has 0 bridgehead atoms. The summed E-state index contributed by atoms with van der Waals surface area (Å²) >= 11 is 0. The molecule has 1 fully saturated rings. The number of hydrogen-bond acceptors (Lipinski definition) is 5. The van der Waals surface area contributed by atoms with Gasteiger partial charge in [0.1, 0.15) is 12.2 Å². The van der Waals surface area contributed by atoms with Crippen molar-refractivity contribution in [2.45, 2.75) is 45.8 Å². The molecule has 1 aliphatic heterocycles. The molecule has 0 aromatic heterocycles. The molecule has 0 aliphatic carbocycles. The summed E-state index contributed by atoms with van der Waals surface area (Å²) in [5.74, 6) is -1.09. The van der Waals surface area contributed by atoms with Gasteiger partial charge in [0.15, 0.2) is 0 Å². The smallest absolute Gasteiger partial charge is 0.417 e. The Bertz CT molecular complexity index is 626. The van der Waals surface area contributed by atoms with E-state index in [9.17, 15) is 14.4 Å². The average molecular weight is 452 g/mol. The Balaban J connectivity index is 0.00000312. The summed E-state index contributed by atoms with van der Waals surface area (Å²) in [4.78, 5) is 37.6. The monoisotopic (exact) mass is 453 g/mol. The van der Waals surface area contributed by atoms with E-state index in [2.05, 4.69) is 0 Å². The molecule has 1 aromatic rings. The number of amides is 2. The largest absolute Gasteiger partial charge is 0.460 e. The van der Waals surface area contributed by atoms with Crippen LogP contribution in [0, 0.1) is 5.92 Å². The summed E-state index contributed by atoms with van der Waals surface area (Å²) in [5.41, 5.74) is -0.271. The zero-order valence-corrected chi connectivity index (χ0v) is 17.8. The summed E-state index contributed by atoms with van der Waals surface area (Å²) in [5, 5.41) is 0. The third-order valence-corrected chi connectivity index (χ3v) is 3.66. The summed E-state index contributed by atoms with van der Waals surface area (Å²) in [6.07, 6.45) is -0.252. The molecular weight excluding hydrogens is 429 g/mol. The molecule has 2 amide bonds. The van der Waals surface area contributed by atoms with Crippen LogP contribution in [0.4, 0.5) is 4.79 Å². The molecular formula is C18H23NO5Sn. The van der Waals surface area contributed by atoms with Crippen molar-refractivity contribution < 1.29 is 23.9 Å². The van der Waals surface area contributed by atoms with Gasteiger partial charge >= 0.3 is 12.1 Å². The minimum absolute atomic E-state index is 0. The summed E-state index contributed by atoms with van der Waals surface area (Å²) in [6, 6.07) is 8.08. The van der Waals surface area contributed by atoms with Crippen molar-refractivity contribution in [3.63, 3.8) is 0 Å². The number of rotatable bonds is 3. The number of likely N-dealkylation sites (tertiary alicyclic amines) is 1. The second kappa shape index (κ2) is 8.69. The van der Waals surface area contributed by atoms with Crippen molar-refractivity contribution in [1.82, 2.24) is 4.90 Å². The van der Waals surface area contributed by atoms with Crippen LogP contribution >= 0.6 is 0 Å². The maximum absolute atomic E-state index is 12.3. The maximum Gasteiger partial charge on any atom is 0.417 e. The predicted octanol–water partition coefficient (Wildman–Crippen LogP) is 2.63. The van der Waals surface area contributed by atoms with E-state index in [1.165, 1.54) is 0 Å². The van der Waals surface area contributed by atoms with E-state index in [1.807, 2.05) is 0 Å². The Morgan fingerprint density at radius 3 is 2.36 bits per heavy atom. The summed E-state index contributed by atoms with van der Waals surface area (Å²) in [7, 11) is 0. The first-order chi connectivity index (χ1) is 11.2. The van der Waals surface area contributed by atoms with Crippen LogP contribution in [0.3, 0.4) is 0 Å². The molecule has 1 unspecified atom stereocenters. The number of hydrogen-bond donors (Lipinski definition) is 0. The van der Waals surface area contributed by atoms with E-state index in [1.54, 1.807) is 58.0 Å². The fraction of sp³-hybridized carbons (Fsp3) is 0.500. The molecule has 1 heterocycles. The molecule has 1 aromatic carbocycles. The Kier molecular flexibility index (Phi) is 7.46. The van der Waals surface area contributed by atoms with Gasteiger partial charge in [-0.25, -0.2) is 14.5 Å². The van der Waals surface area contributed by atoms with Crippen molar-refractivity contribution in [1.29, 1.82) is 0 Å². The Hall–Kier alpha value is -1.57. The van der Waals surface area contributed by atoms with Crippen molar-refractivity contribution in [2.75, 3.05) is 6.61 Å². The zero-order chi connectivity index (χ0) is 17.9. The van der Waals surface area contributed by atoms with E-state index in [-0.39, 0.29) is 42.3 Å². The van der Waals surface area contributed by atoms with Gasteiger partial charge in [0, 0.05) is 29.8 Å². The number of benzene rings is 1. The second-order valence-corrected chi connectivity index (χ2v) is 6.94. The fourth-order valence-electron chi connectivity index (χ4n) is 2.55. The molecule has 6 nitrogen and oxygen atoms in total. The van der Waals surface area contributed by atoms with Crippen LogP contribution in [-0.2, 0) is 14.3 Å². The number of ether oxygens (including phenoxy) is 2. The number of esters is 1. The minimum Gasteiger partial charge on any atom is -0.460 e. The summed E-state index contributed by atoms with van der Waals surface area (Å²) in [6.45, 7) is 6.92. The first kappa shape index (κ1) is 21.5. The van der Waals surface area contributed by atoms with E-state index in [0.717, 1.165) is 4.90 Å². The Morgan fingerprint density at radius 2 is 1.80 bits per heavy atom. The third-order valence-electron chi connectivity index (χ3n) is 3.66. The number of nitrogens with zero attached hydrogens (tertiary/aromatic N) is 1. The van der Waals surface area contributed by atoms with Crippen LogP contribution in [0.25, 0.3) is 0 Å². The van der Waals surface area contributed by atoms with Gasteiger partial charge in [0.2, 0.25) is 5.91 Å². The molecule has 0 saturated carbocycles. The van der Waals surface area contributed by atoms with Crippen molar-refractivity contribution in [3.05, 3.63) is 35.9 Å². The van der Waals surface area contributed by atoms with E-state index in [0.29, 0.717) is 12.0 Å². The Morgan fingerprint density at radius 1 is 1.20 bits per heavy atom. The van der Waals surface area contributed by atoms with Gasteiger partial charge in [-0.05, 0) is 39.3 Å². The fourth-order valence-corrected chi connectivity index (χ4v) is 2.55. The van der Waals surface area contributed by atoms with E-state index < -0.39 is 23.7 Å². The van der Waals surface area contributed by atoms with Crippen LogP contribution in [0.15, 0.2) is 30.3 Å². The van der Waals surface area contributed by atoms with E-state index >= 15 is 0 Å². The van der Waals surface area contributed by atoms with Gasteiger partial charge in [0.25, 0.3) is 0 Å². The molecule has 2 rings (SSSR count). The van der Waals surface area contributed by atoms with Gasteiger partial charge in [-0.1, -0.05) is 25.1 Å². The van der Waals surface area contributed by atoms with Crippen LogP contribution in [0.1, 0.15) is 44.5 Å². The normalized spacial score (nSPS) is 20.0. The average Bonchev–Trinajstić information content (AvgIpc) is 2.79. The van der Waals surface area contributed by atoms with Gasteiger partial charge < -0.3 is 9.47 Å². The molecule has 1 aliphatic rings. The second-order valence-electron chi connectivity index (χ2n) is 6.94. The van der Waals surface area contributed by atoms with Gasteiger partial charge in [0.05, 0.1) is 11.6 Å². The van der Waals surface area contributed by atoms with Crippen molar-refractivity contribution >= 4 is 41.9 Å². The van der Waals surface area contributed by atoms with Crippen LogP contribution < -0.4 is 0 Å². The van der Waals surface area contributed by atoms with Crippen LogP contribution in [0.5, 0.6) is 0 Å². The SMILES string of the molecule is CC1C[C@@H](COC(=O)c2ccccc2)N(C(=O)OC(C)(C)C)C1=O.[Sn]. The van der Waals surface area contributed by atoms with Gasteiger partial charge in [-0.2, -0.15) is 0 Å². The topological polar surface area (TPSA) is 72.9 Å². The molecule has 0 N–H and O–H groups in total. The first-order valence-electron chi connectivity index (χ1n) is 7.97.